The number of para-hydroxylation sites is 1. The van der Waals surface area contributed by atoms with E-state index in [-0.39, 0.29) is 35.6 Å². The predicted octanol–water partition coefficient (Wildman–Crippen LogP) is 2.93. The van der Waals surface area contributed by atoms with E-state index in [9.17, 15) is 19.2 Å². The Labute approximate surface area is 216 Å². The lowest BCUT2D eigenvalue weighted by atomic mass is 9.60. The number of imide groups is 1. The van der Waals surface area contributed by atoms with Crippen molar-refractivity contribution in [1.82, 2.24) is 19.4 Å². The molecular formula is C27H37N5O5. The summed E-state index contributed by atoms with van der Waals surface area (Å²) in [4.78, 5) is 54.0. The molecule has 1 aliphatic carbocycles. The molecule has 1 aromatic heterocycles. The minimum Gasteiger partial charge on any atom is -0.444 e. The Morgan fingerprint density at radius 3 is 2.43 bits per heavy atom. The first-order valence-corrected chi connectivity index (χ1v) is 13.1. The maximum atomic E-state index is 13.2. The Balaban J connectivity index is 1.31. The summed E-state index contributed by atoms with van der Waals surface area (Å²) in [6.07, 6.45) is 4.26. The maximum Gasteiger partial charge on any atom is 0.410 e. The number of benzene rings is 1. The number of imidazole rings is 1. The summed E-state index contributed by atoms with van der Waals surface area (Å²) >= 11 is 0. The monoisotopic (exact) mass is 511 g/mol. The highest BCUT2D eigenvalue weighted by Crippen LogP contribution is 2.51. The Kier molecular flexibility index (Phi) is 6.11. The summed E-state index contributed by atoms with van der Waals surface area (Å²) < 4.78 is 8.69. The average molecular weight is 512 g/mol. The van der Waals surface area contributed by atoms with Crippen molar-refractivity contribution in [3.8, 4) is 0 Å². The van der Waals surface area contributed by atoms with Crippen LogP contribution in [0.25, 0.3) is 11.0 Å². The van der Waals surface area contributed by atoms with Crippen LogP contribution in [0, 0.1) is 5.41 Å². The van der Waals surface area contributed by atoms with E-state index in [1.165, 1.54) is 4.57 Å². The molecule has 37 heavy (non-hydrogen) atoms. The fraction of sp³-hybridized carbons (Fsp3) is 0.630. The molecule has 2 aromatic rings. The Morgan fingerprint density at radius 1 is 1.14 bits per heavy atom. The number of aryl methyl sites for hydroxylation is 1. The second-order valence-corrected chi connectivity index (χ2v) is 12.0. The highest BCUT2D eigenvalue weighted by atomic mass is 16.6. The van der Waals surface area contributed by atoms with Gasteiger partial charge in [0.1, 0.15) is 11.6 Å². The second kappa shape index (κ2) is 8.92. The Hall–Kier alpha value is -3.30. The zero-order valence-electron chi connectivity index (χ0n) is 22.4. The van der Waals surface area contributed by atoms with E-state index in [2.05, 4.69) is 10.2 Å². The normalized spacial score (nSPS) is 22.2. The van der Waals surface area contributed by atoms with Crippen LogP contribution in [0.1, 0.15) is 65.3 Å². The Morgan fingerprint density at radius 2 is 1.81 bits per heavy atom. The van der Waals surface area contributed by atoms with Crippen molar-refractivity contribution in [1.29, 1.82) is 0 Å². The number of rotatable bonds is 3. The lowest BCUT2D eigenvalue weighted by molar-refractivity contribution is -0.135. The van der Waals surface area contributed by atoms with Gasteiger partial charge in [-0.05, 0) is 70.4 Å². The minimum absolute atomic E-state index is 0.202. The standard InChI is InChI=1S/C27H37N5O5/c1-26(2,3)37-25(36)29(4)17-15-27(16-17)11-13-31(14-12-27)18-7-6-8-19-22(18)30(5)24(35)32(19)20-9-10-21(33)28-23(20)34/h6-8,17,20H,9-16H2,1-5H3,(H,28,33,34). The third-order valence-electron chi connectivity index (χ3n) is 8.33. The number of hydrogen-bond donors (Lipinski definition) is 1. The first-order chi connectivity index (χ1) is 17.4. The van der Waals surface area contributed by atoms with Crippen LogP contribution in [0.15, 0.2) is 23.0 Å². The molecule has 1 saturated carbocycles. The molecule has 2 aliphatic heterocycles. The SMILES string of the molecule is CN(C(=O)OC(C)(C)C)C1CC2(CCN(c3cccc4c3n(C)c(=O)n4C3CCC(=O)NC3=O)CC2)C1. The first kappa shape index (κ1) is 25.4. The summed E-state index contributed by atoms with van der Waals surface area (Å²) in [7, 11) is 3.57. The van der Waals surface area contributed by atoms with Gasteiger partial charge in [0, 0.05) is 39.6 Å². The fourth-order valence-electron chi connectivity index (χ4n) is 6.23. The van der Waals surface area contributed by atoms with Crippen LogP contribution in [-0.2, 0) is 21.4 Å². The van der Waals surface area contributed by atoms with Gasteiger partial charge < -0.3 is 14.5 Å². The third-order valence-corrected chi connectivity index (χ3v) is 8.33. The quantitative estimate of drug-likeness (QED) is 0.636. The average Bonchev–Trinajstić information content (AvgIpc) is 3.06. The van der Waals surface area contributed by atoms with Crippen LogP contribution in [0.3, 0.4) is 0 Å². The molecule has 1 spiro atoms. The summed E-state index contributed by atoms with van der Waals surface area (Å²) in [6, 6.07) is 5.35. The number of nitrogens with zero attached hydrogens (tertiary/aromatic N) is 4. The van der Waals surface area contributed by atoms with Gasteiger partial charge in [-0.1, -0.05) is 6.07 Å². The van der Waals surface area contributed by atoms with Crippen LogP contribution < -0.4 is 15.9 Å². The second-order valence-electron chi connectivity index (χ2n) is 12.0. The van der Waals surface area contributed by atoms with Crippen LogP contribution in [0.5, 0.6) is 0 Å². The molecule has 10 nitrogen and oxygen atoms in total. The zero-order chi connectivity index (χ0) is 26.7. The van der Waals surface area contributed by atoms with Crippen molar-refractivity contribution in [3.05, 3.63) is 28.7 Å². The number of carbonyl (C=O) groups excluding carboxylic acids is 3. The first-order valence-electron chi connectivity index (χ1n) is 13.1. The number of hydrogen-bond acceptors (Lipinski definition) is 6. The van der Waals surface area contributed by atoms with Gasteiger partial charge in [-0.2, -0.15) is 0 Å². The van der Waals surface area contributed by atoms with E-state index in [4.69, 9.17) is 4.74 Å². The molecule has 10 heteroatoms. The number of nitrogens with one attached hydrogen (secondary N) is 1. The smallest absolute Gasteiger partial charge is 0.410 e. The van der Waals surface area contributed by atoms with Crippen molar-refractivity contribution < 1.29 is 19.1 Å². The van der Waals surface area contributed by atoms with E-state index in [1.807, 2.05) is 46.0 Å². The lowest BCUT2D eigenvalue weighted by Crippen LogP contribution is -2.56. The summed E-state index contributed by atoms with van der Waals surface area (Å²) in [5.74, 6) is -0.722. The van der Waals surface area contributed by atoms with Crippen molar-refractivity contribution in [3.63, 3.8) is 0 Å². The van der Waals surface area contributed by atoms with E-state index < -0.39 is 17.6 Å². The molecule has 0 bridgehead atoms. The molecule has 1 N–H and O–H groups in total. The van der Waals surface area contributed by atoms with Gasteiger partial charge in [-0.25, -0.2) is 9.59 Å². The van der Waals surface area contributed by atoms with E-state index in [0.29, 0.717) is 11.9 Å². The molecule has 3 fully saturated rings. The van der Waals surface area contributed by atoms with Gasteiger partial charge in [-0.15, -0.1) is 0 Å². The van der Waals surface area contributed by atoms with Crippen LogP contribution in [0.4, 0.5) is 10.5 Å². The van der Waals surface area contributed by atoms with Crippen molar-refractivity contribution in [2.24, 2.45) is 12.5 Å². The van der Waals surface area contributed by atoms with Gasteiger partial charge in [-0.3, -0.25) is 24.0 Å². The molecule has 1 unspecified atom stereocenters. The zero-order valence-corrected chi connectivity index (χ0v) is 22.4. The summed E-state index contributed by atoms with van der Waals surface area (Å²) in [6.45, 7) is 7.36. The van der Waals surface area contributed by atoms with Crippen molar-refractivity contribution in [2.45, 2.75) is 77.0 Å². The fourth-order valence-corrected chi connectivity index (χ4v) is 6.23. The van der Waals surface area contributed by atoms with Crippen LogP contribution in [0.2, 0.25) is 0 Å². The van der Waals surface area contributed by atoms with E-state index in [1.54, 1.807) is 16.5 Å². The molecule has 0 radical (unpaired) electrons. The molecule has 5 rings (SSSR count). The number of carbonyl (C=O) groups is 3. The van der Waals surface area contributed by atoms with E-state index >= 15 is 0 Å². The topological polar surface area (TPSA) is 106 Å². The summed E-state index contributed by atoms with van der Waals surface area (Å²) in [5.41, 5.74) is 1.98. The van der Waals surface area contributed by atoms with Crippen molar-refractivity contribution in [2.75, 3.05) is 25.0 Å². The lowest BCUT2D eigenvalue weighted by Gasteiger charge is -2.54. The number of ether oxygens (including phenoxy) is 1. The van der Waals surface area contributed by atoms with Crippen LogP contribution in [-0.4, -0.2) is 63.7 Å². The Bertz CT molecular complexity index is 1300. The van der Waals surface area contributed by atoms with E-state index in [0.717, 1.165) is 50.0 Å². The van der Waals surface area contributed by atoms with Gasteiger partial charge >= 0.3 is 11.8 Å². The van der Waals surface area contributed by atoms with Crippen LogP contribution >= 0.6 is 0 Å². The minimum atomic E-state index is -0.692. The third kappa shape index (κ3) is 4.51. The summed E-state index contributed by atoms with van der Waals surface area (Å²) in [5, 5.41) is 2.37. The molecule has 2 saturated heterocycles. The van der Waals surface area contributed by atoms with Crippen molar-refractivity contribution >= 4 is 34.6 Å². The molecule has 200 valence electrons. The number of anilines is 1. The number of amides is 3. The highest BCUT2D eigenvalue weighted by molar-refractivity contribution is 6.00. The van der Waals surface area contributed by atoms with Gasteiger partial charge in [0.15, 0.2) is 0 Å². The largest absolute Gasteiger partial charge is 0.444 e. The predicted molar refractivity (Wildman–Crippen MR) is 139 cm³/mol. The molecule has 3 heterocycles. The number of aromatic nitrogens is 2. The van der Waals surface area contributed by atoms with Gasteiger partial charge in [0.05, 0.1) is 16.7 Å². The molecule has 3 aliphatic rings. The number of fused-ring (bicyclic) bond motifs is 1. The van der Waals surface area contributed by atoms with Gasteiger partial charge in [0.25, 0.3) is 0 Å². The molecular weight excluding hydrogens is 474 g/mol. The molecule has 1 atom stereocenters. The molecule has 1 aromatic carbocycles. The van der Waals surface area contributed by atoms with Gasteiger partial charge in [0.2, 0.25) is 11.8 Å². The number of piperidine rings is 2. The maximum absolute atomic E-state index is 13.2. The highest BCUT2D eigenvalue weighted by Gasteiger charge is 2.48. The molecule has 3 amide bonds.